The van der Waals surface area contributed by atoms with Crippen molar-refractivity contribution >= 4 is 22.6 Å². The van der Waals surface area contributed by atoms with Crippen LogP contribution in [0.15, 0.2) is 0 Å². The molecule has 2 unspecified atom stereocenters. The molecule has 0 heterocycles. The van der Waals surface area contributed by atoms with Gasteiger partial charge < -0.3 is 9.47 Å². The third kappa shape index (κ3) is 4.57. The molecule has 2 nitrogen and oxygen atoms in total. The molecule has 0 radical (unpaired) electrons. The van der Waals surface area contributed by atoms with Crippen molar-refractivity contribution in [2.75, 3.05) is 24.2 Å². The third-order valence-corrected chi connectivity index (χ3v) is 4.52. The summed E-state index contributed by atoms with van der Waals surface area (Å²) in [6, 6.07) is 0. The summed E-state index contributed by atoms with van der Waals surface area (Å²) in [6.07, 6.45) is 5.14. The lowest BCUT2D eigenvalue weighted by molar-refractivity contribution is -0.0793. The molecule has 0 aromatic rings. The van der Waals surface area contributed by atoms with Crippen LogP contribution in [0.2, 0.25) is 0 Å². The highest BCUT2D eigenvalue weighted by Crippen LogP contribution is 2.36. The predicted molar refractivity (Wildman–Crippen MR) is 71.7 cm³/mol. The van der Waals surface area contributed by atoms with Crippen molar-refractivity contribution in [3.05, 3.63) is 0 Å². The Kier molecular flexibility index (Phi) is 6.46. The topological polar surface area (TPSA) is 18.5 Å². The first-order valence-corrected chi connectivity index (χ1v) is 7.52. The SMILES string of the molecule is CCOCCOC1(CI)CCCC(C)C1. The van der Waals surface area contributed by atoms with Crippen LogP contribution in [-0.2, 0) is 9.47 Å². The van der Waals surface area contributed by atoms with Gasteiger partial charge in [0.15, 0.2) is 0 Å². The van der Waals surface area contributed by atoms with Gasteiger partial charge in [0, 0.05) is 11.0 Å². The van der Waals surface area contributed by atoms with E-state index in [4.69, 9.17) is 9.47 Å². The molecular formula is C12H23IO2. The predicted octanol–water partition coefficient (Wildman–Crippen LogP) is 3.42. The van der Waals surface area contributed by atoms with Crippen LogP contribution in [0.3, 0.4) is 0 Å². The van der Waals surface area contributed by atoms with Crippen LogP contribution in [0, 0.1) is 5.92 Å². The molecule has 1 aliphatic carbocycles. The summed E-state index contributed by atoms with van der Waals surface area (Å²) in [6.45, 7) is 6.65. The smallest absolute Gasteiger partial charge is 0.0775 e. The second-order valence-electron chi connectivity index (χ2n) is 4.56. The molecule has 0 aromatic heterocycles. The molecule has 3 heteroatoms. The Labute approximate surface area is 107 Å². The Morgan fingerprint density at radius 1 is 1.40 bits per heavy atom. The molecule has 0 N–H and O–H groups in total. The second-order valence-corrected chi connectivity index (χ2v) is 5.33. The first-order valence-electron chi connectivity index (χ1n) is 6.00. The Hall–Kier alpha value is 0.650. The number of hydrogen-bond donors (Lipinski definition) is 0. The van der Waals surface area contributed by atoms with Gasteiger partial charge in [-0.2, -0.15) is 0 Å². The van der Waals surface area contributed by atoms with Crippen molar-refractivity contribution in [2.24, 2.45) is 5.92 Å². The molecular weight excluding hydrogens is 303 g/mol. The number of ether oxygens (including phenoxy) is 2. The monoisotopic (exact) mass is 326 g/mol. The number of rotatable bonds is 6. The summed E-state index contributed by atoms with van der Waals surface area (Å²) in [4.78, 5) is 0. The molecule has 0 aromatic carbocycles. The van der Waals surface area contributed by atoms with Gasteiger partial charge in [0.05, 0.1) is 18.8 Å². The van der Waals surface area contributed by atoms with Crippen LogP contribution >= 0.6 is 22.6 Å². The lowest BCUT2D eigenvalue weighted by Crippen LogP contribution is -2.40. The average molecular weight is 326 g/mol. The van der Waals surface area contributed by atoms with E-state index in [1.807, 2.05) is 6.92 Å². The number of halogens is 1. The van der Waals surface area contributed by atoms with Crippen LogP contribution < -0.4 is 0 Å². The second kappa shape index (κ2) is 7.07. The molecule has 1 rings (SSSR count). The summed E-state index contributed by atoms with van der Waals surface area (Å²) in [5, 5.41) is 0. The highest BCUT2D eigenvalue weighted by atomic mass is 127. The summed E-state index contributed by atoms with van der Waals surface area (Å²) < 4.78 is 12.5. The fourth-order valence-corrected chi connectivity index (χ4v) is 3.28. The van der Waals surface area contributed by atoms with E-state index < -0.39 is 0 Å². The molecule has 90 valence electrons. The molecule has 1 fully saturated rings. The molecule has 1 aliphatic rings. The van der Waals surface area contributed by atoms with Crippen molar-refractivity contribution in [2.45, 2.75) is 45.1 Å². The van der Waals surface area contributed by atoms with Crippen molar-refractivity contribution in [3.63, 3.8) is 0 Å². The normalized spacial score (nSPS) is 31.8. The quantitative estimate of drug-likeness (QED) is 0.423. The van der Waals surface area contributed by atoms with Crippen LogP contribution in [0.5, 0.6) is 0 Å². The van der Waals surface area contributed by atoms with Gasteiger partial charge in [-0.05, 0) is 25.7 Å². The maximum Gasteiger partial charge on any atom is 0.0775 e. The largest absolute Gasteiger partial charge is 0.379 e. The minimum absolute atomic E-state index is 0.148. The molecule has 0 aliphatic heterocycles. The Morgan fingerprint density at radius 3 is 2.80 bits per heavy atom. The molecule has 0 saturated heterocycles. The number of hydrogen-bond acceptors (Lipinski definition) is 2. The van der Waals surface area contributed by atoms with Crippen LogP contribution in [0.25, 0.3) is 0 Å². The molecule has 1 saturated carbocycles. The molecule has 0 amide bonds. The van der Waals surface area contributed by atoms with Gasteiger partial charge in [-0.15, -0.1) is 0 Å². The highest BCUT2D eigenvalue weighted by molar-refractivity contribution is 14.1. The lowest BCUT2D eigenvalue weighted by Gasteiger charge is -2.38. The lowest BCUT2D eigenvalue weighted by atomic mass is 9.80. The van der Waals surface area contributed by atoms with Crippen molar-refractivity contribution in [1.82, 2.24) is 0 Å². The van der Waals surface area contributed by atoms with Gasteiger partial charge in [-0.3, -0.25) is 0 Å². The fourth-order valence-electron chi connectivity index (χ4n) is 2.36. The summed E-state index contributed by atoms with van der Waals surface area (Å²) >= 11 is 2.46. The van der Waals surface area contributed by atoms with Crippen LogP contribution in [0.4, 0.5) is 0 Å². The van der Waals surface area contributed by atoms with Gasteiger partial charge in [-0.1, -0.05) is 42.4 Å². The zero-order valence-corrected chi connectivity index (χ0v) is 12.1. The van der Waals surface area contributed by atoms with Crippen molar-refractivity contribution in [1.29, 1.82) is 0 Å². The first-order chi connectivity index (χ1) is 7.22. The van der Waals surface area contributed by atoms with E-state index in [-0.39, 0.29) is 5.60 Å². The van der Waals surface area contributed by atoms with Gasteiger partial charge in [0.1, 0.15) is 0 Å². The molecule has 0 spiro atoms. The van der Waals surface area contributed by atoms with Crippen molar-refractivity contribution in [3.8, 4) is 0 Å². The van der Waals surface area contributed by atoms with E-state index in [0.717, 1.165) is 30.2 Å². The van der Waals surface area contributed by atoms with Gasteiger partial charge in [0.25, 0.3) is 0 Å². The fraction of sp³-hybridized carbons (Fsp3) is 1.00. The maximum atomic E-state index is 6.06. The van der Waals surface area contributed by atoms with Crippen molar-refractivity contribution < 1.29 is 9.47 Å². The van der Waals surface area contributed by atoms with Gasteiger partial charge in [-0.25, -0.2) is 0 Å². The van der Waals surface area contributed by atoms with E-state index in [1.54, 1.807) is 0 Å². The zero-order valence-electron chi connectivity index (χ0n) is 9.93. The zero-order chi connectivity index (χ0) is 11.1. The summed E-state index contributed by atoms with van der Waals surface area (Å²) in [5.41, 5.74) is 0.148. The van der Waals surface area contributed by atoms with Crippen LogP contribution in [-0.4, -0.2) is 29.8 Å². The summed E-state index contributed by atoms with van der Waals surface area (Å²) in [5.74, 6) is 0.820. The van der Waals surface area contributed by atoms with Crippen LogP contribution in [0.1, 0.15) is 39.5 Å². The van der Waals surface area contributed by atoms with E-state index >= 15 is 0 Å². The Bertz CT molecular complexity index is 175. The standard InChI is InChI=1S/C12H23IO2/c1-3-14-7-8-15-12(10-13)6-4-5-11(2)9-12/h11H,3-10H2,1-2H3. The van der Waals surface area contributed by atoms with Gasteiger partial charge in [0.2, 0.25) is 0 Å². The molecule has 2 atom stereocenters. The van der Waals surface area contributed by atoms with E-state index in [2.05, 4.69) is 29.5 Å². The minimum atomic E-state index is 0.148. The maximum absolute atomic E-state index is 6.06. The number of alkyl halides is 1. The molecule has 15 heavy (non-hydrogen) atoms. The van der Waals surface area contributed by atoms with E-state index in [0.29, 0.717) is 0 Å². The van der Waals surface area contributed by atoms with Gasteiger partial charge >= 0.3 is 0 Å². The highest BCUT2D eigenvalue weighted by Gasteiger charge is 2.34. The third-order valence-electron chi connectivity index (χ3n) is 3.13. The minimum Gasteiger partial charge on any atom is -0.379 e. The Morgan fingerprint density at radius 2 is 2.20 bits per heavy atom. The van der Waals surface area contributed by atoms with E-state index in [1.165, 1.54) is 25.7 Å². The molecule has 0 bridgehead atoms. The average Bonchev–Trinajstić information content (AvgIpc) is 2.25. The summed E-state index contributed by atoms with van der Waals surface area (Å²) in [7, 11) is 0. The first kappa shape index (κ1) is 13.7. The Balaban J connectivity index is 2.31. The van der Waals surface area contributed by atoms with E-state index in [9.17, 15) is 0 Å².